The van der Waals surface area contributed by atoms with E-state index >= 15 is 0 Å². The van der Waals surface area contributed by atoms with Gasteiger partial charge in [-0.25, -0.2) is 0 Å². The second kappa shape index (κ2) is 18.0. The molecule has 0 bridgehead atoms. The number of aliphatic imine (C=N–C) groups is 1. The molecule has 0 heterocycles. The van der Waals surface area contributed by atoms with Gasteiger partial charge in [-0.15, -0.1) is 0 Å². The molecule has 0 radical (unpaired) electrons. The second-order valence-corrected chi connectivity index (χ2v) is 4.13. The zero-order chi connectivity index (χ0) is 19.0. The Bertz CT molecular complexity index is 692. The van der Waals surface area contributed by atoms with E-state index in [1.54, 1.807) is 14.2 Å². The van der Waals surface area contributed by atoms with Crippen LogP contribution in [-0.2, 0) is 31.3 Å². The van der Waals surface area contributed by atoms with E-state index in [1.165, 1.54) is 11.1 Å². The largest absolute Gasteiger partial charge is 0 e. The van der Waals surface area contributed by atoms with E-state index in [0.717, 1.165) is 16.9 Å². The molecule has 0 aromatic heterocycles. The number of ether oxygens (including phenoxy) is 1. The van der Waals surface area contributed by atoms with E-state index in [9.17, 15) is 0 Å². The number of methoxy groups -OCH3 is 1. The Labute approximate surface area is 159 Å². The van der Waals surface area contributed by atoms with Crippen LogP contribution in [0.1, 0.15) is 11.1 Å². The maximum absolute atomic E-state index is 7.50. The van der Waals surface area contributed by atoms with Crippen molar-refractivity contribution in [2.75, 3.05) is 14.2 Å². The molecule has 25 heavy (non-hydrogen) atoms. The van der Waals surface area contributed by atoms with Crippen LogP contribution in [0.3, 0.4) is 0 Å². The molecule has 0 unspecified atom stereocenters. The van der Waals surface area contributed by atoms with Gasteiger partial charge in [0.2, 0.25) is 0 Å². The van der Waals surface area contributed by atoms with Crippen LogP contribution < -0.4 is 4.74 Å². The third-order valence-electron chi connectivity index (χ3n) is 2.96. The first-order valence-corrected chi connectivity index (χ1v) is 6.54. The SMILES string of the molecule is CN=Cc1cccc(OC)c1-c1ccccc1C.[C-]#[O+].[C-]#[O+].[C-]#[O+].[Cr]. The zero-order valence-electron chi connectivity index (χ0n) is 14.1. The zero-order valence-corrected chi connectivity index (χ0v) is 15.4. The third-order valence-corrected chi connectivity index (χ3v) is 2.96. The van der Waals surface area contributed by atoms with Gasteiger partial charge in [-0.3, -0.25) is 4.99 Å². The minimum absolute atomic E-state index is 0. The first-order chi connectivity index (χ1) is 11.8. The van der Waals surface area contributed by atoms with Gasteiger partial charge in [0.25, 0.3) is 0 Å². The molecule has 0 aliphatic rings. The maximum atomic E-state index is 7.50. The number of benzene rings is 2. The summed E-state index contributed by atoms with van der Waals surface area (Å²) in [7, 11) is 3.48. The first kappa shape index (κ1) is 27.5. The van der Waals surface area contributed by atoms with E-state index in [4.69, 9.17) is 18.7 Å². The molecule has 2 rings (SSSR count). The number of nitrogens with zero attached hydrogens (tertiary/aromatic N) is 1. The number of aryl methyl sites for hydroxylation is 1. The first-order valence-electron chi connectivity index (χ1n) is 6.54. The summed E-state index contributed by atoms with van der Waals surface area (Å²) in [5, 5.41) is 0. The number of hydrogen-bond donors (Lipinski definition) is 0. The van der Waals surface area contributed by atoms with Gasteiger partial charge in [-0.1, -0.05) is 36.4 Å². The third kappa shape index (κ3) is 8.35. The fourth-order valence-corrected chi connectivity index (χ4v) is 2.11. The van der Waals surface area contributed by atoms with Crippen LogP contribution in [-0.4, -0.2) is 20.4 Å². The maximum Gasteiger partial charge on any atom is 0 e. The summed E-state index contributed by atoms with van der Waals surface area (Å²) in [6.07, 6.45) is 1.87. The second-order valence-electron chi connectivity index (χ2n) is 4.13. The summed E-state index contributed by atoms with van der Waals surface area (Å²) in [5.41, 5.74) is 4.59. The predicted molar refractivity (Wildman–Crippen MR) is 88.5 cm³/mol. The van der Waals surface area contributed by atoms with E-state index in [2.05, 4.69) is 50.1 Å². The Kier molecular flexibility index (Phi) is 19.8. The van der Waals surface area contributed by atoms with Crippen LogP contribution in [0.5, 0.6) is 5.75 Å². The molecule has 2 aromatic carbocycles. The van der Waals surface area contributed by atoms with E-state index < -0.39 is 0 Å². The minimum atomic E-state index is 0. The van der Waals surface area contributed by atoms with E-state index in [1.807, 2.05) is 30.5 Å². The summed E-state index contributed by atoms with van der Waals surface area (Å²) in [5.74, 6) is 0.877. The van der Waals surface area contributed by atoms with Crippen molar-refractivity contribution in [3.05, 3.63) is 73.5 Å². The average molecular weight is 375 g/mol. The Balaban J connectivity index is -0.000000626. The molecule has 0 aliphatic carbocycles. The Hall–Kier alpha value is -2.34. The van der Waals surface area contributed by atoms with Gasteiger partial charge in [0.05, 0.1) is 7.11 Å². The molecule has 128 valence electrons. The molecule has 0 N–H and O–H groups in total. The molecule has 6 heteroatoms. The molecule has 0 atom stereocenters. The average Bonchev–Trinajstić information content (AvgIpc) is 2.67. The molecule has 0 aliphatic heterocycles. The quantitative estimate of drug-likeness (QED) is 0.458. The number of rotatable bonds is 3. The topological polar surface area (TPSA) is 81.3 Å². The molecule has 0 amide bonds. The van der Waals surface area contributed by atoms with Gasteiger partial charge < -0.3 is 4.74 Å². The molecule has 0 fully saturated rings. The van der Waals surface area contributed by atoms with Crippen LogP contribution in [0.25, 0.3) is 11.1 Å². The molecule has 2 aromatic rings. The van der Waals surface area contributed by atoms with Gasteiger partial charge in [-0.05, 0) is 24.1 Å². The van der Waals surface area contributed by atoms with Crippen LogP contribution in [0.15, 0.2) is 47.5 Å². The van der Waals surface area contributed by atoms with Crippen molar-refractivity contribution < 1.29 is 36.1 Å². The van der Waals surface area contributed by atoms with Crippen molar-refractivity contribution in [2.24, 2.45) is 4.99 Å². The van der Waals surface area contributed by atoms with Crippen molar-refractivity contribution >= 4 is 6.21 Å². The fraction of sp³-hybridized carbons (Fsp3) is 0.158. The molecular formula is C19H17CrNO4. The Morgan fingerprint density at radius 2 is 1.48 bits per heavy atom. The van der Waals surface area contributed by atoms with Crippen molar-refractivity contribution in [3.63, 3.8) is 0 Å². The smallest absolute Gasteiger partial charge is 0 e. The van der Waals surface area contributed by atoms with Gasteiger partial charge in [-0.2, -0.15) is 0 Å². The Morgan fingerprint density at radius 3 is 1.96 bits per heavy atom. The molecular weight excluding hydrogens is 358 g/mol. The summed E-state index contributed by atoms with van der Waals surface area (Å²) < 4.78 is 28.0. The van der Waals surface area contributed by atoms with Crippen molar-refractivity contribution in [1.29, 1.82) is 0 Å². The minimum Gasteiger partial charge on any atom is 0 e. The van der Waals surface area contributed by atoms with Gasteiger partial charge >= 0.3 is 33.9 Å². The summed E-state index contributed by atoms with van der Waals surface area (Å²) in [6, 6.07) is 14.3. The van der Waals surface area contributed by atoms with Crippen LogP contribution >= 0.6 is 0 Å². The van der Waals surface area contributed by atoms with Crippen LogP contribution in [0.2, 0.25) is 0 Å². The fourth-order valence-electron chi connectivity index (χ4n) is 2.11. The van der Waals surface area contributed by atoms with Gasteiger partial charge in [0.15, 0.2) is 0 Å². The molecule has 0 saturated heterocycles. The summed E-state index contributed by atoms with van der Waals surface area (Å²) in [4.78, 5) is 4.12. The van der Waals surface area contributed by atoms with E-state index in [-0.39, 0.29) is 17.4 Å². The van der Waals surface area contributed by atoms with Crippen LogP contribution in [0, 0.1) is 26.9 Å². The molecule has 0 spiro atoms. The summed E-state index contributed by atoms with van der Waals surface area (Å²) >= 11 is 0. The number of hydrogen-bond acceptors (Lipinski definition) is 2. The molecule has 0 saturated carbocycles. The van der Waals surface area contributed by atoms with E-state index in [0.29, 0.717) is 0 Å². The van der Waals surface area contributed by atoms with Crippen molar-refractivity contribution in [2.45, 2.75) is 6.92 Å². The van der Waals surface area contributed by atoms with Gasteiger partial charge in [0.1, 0.15) is 5.75 Å². The standard InChI is InChI=1S/C16H17NO.3CO.Cr/c1-12-7-4-5-9-14(12)16-13(11-17-2)8-6-10-15(16)18-3;3*1-2;/h4-11H,1-3H3;;;;. The summed E-state index contributed by atoms with van der Waals surface area (Å²) in [6.45, 7) is 15.6. The van der Waals surface area contributed by atoms with Crippen molar-refractivity contribution in [3.8, 4) is 16.9 Å². The normalized spacial score (nSPS) is 8.04. The predicted octanol–water partition coefficient (Wildman–Crippen LogP) is 3.60. The van der Waals surface area contributed by atoms with Crippen molar-refractivity contribution in [1.82, 2.24) is 0 Å². The monoisotopic (exact) mass is 375 g/mol. The van der Waals surface area contributed by atoms with Crippen LogP contribution in [0.4, 0.5) is 0 Å². The molecule has 5 nitrogen and oxygen atoms in total. The Morgan fingerprint density at radius 1 is 0.920 bits per heavy atom. The van der Waals surface area contributed by atoms with Gasteiger partial charge in [0, 0.05) is 41.8 Å².